The molecule has 0 aliphatic heterocycles. The van der Waals surface area contributed by atoms with Gasteiger partial charge in [0, 0.05) is 6.54 Å². The van der Waals surface area contributed by atoms with Gasteiger partial charge in [-0.15, -0.1) is 0 Å². The van der Waals surface area contributed by atoms with E-state index in [-0.39, 0.29) is 20.2 Å². The maximum absolute atomic E-state index is 12.2. The number of aryl methyl sites for hydroxylation is 1. The normalized spacial score (nSPS) is 21.5. The Balaban J connectivity index is 2.11. The highest BCUT2D eigenvalue weighted by atomic mass is 32.2. The topological polar surface area (TPSA) is 85.1 Å². The molecule has 0 amide bonds. The summed E-state index contributed by atoms with van der Waals surface area (Å²) in [5, 5.41) is 0.282. The minimum Gasteiger partial charge on any atom is -0.375 e. The number of thiazole rings is 1. The molecular formula is C12H21N3O2S2. The number of nitrogens with zero attached hydrogens (tertiary/aromatic N) is 1. The number of aromatic nitrogens is 1. The highest BCUT2D eigenvalue weighted by Gasteiger charge is 2.64. The van der Waals surface area contributed by atoms with Gasteiger partial charge in [0.05, 0.1) is 5.69 Å². The van der Waals surface area contributed by atoms with Crippen LogP contribution in [0, 0.1) is 23.7 Å². The first-order valence-corrected chi connectivity index (χ1v) is 8.52. The van der Waals surface area contributed by atoms with Crippen molar-refractivity contribution in [2.24, 2.45) is 16.7 Å². The molecule has 1 aliphatic carbocycles. The molecule has 0 aromatic carbocycles. The largest absolute Gasteiger partial charge is 0.375 e. The Morgan fingerprint density at radius 3 is 2.21 bits per heavy atom. The minimum atomic E-state index is -3.50. The molecule has 19 heavy (non-hydrogen) atoms. The monoisotopic (exact) mass is 303 g/mol. The average molecular weight is 303 g/mol. The van der Waals surface area contributed by atoms with Gasteiger partial charge in [0.1, 0.15) is 0 Å². The lowest BCUT2D eigenvalue weighted by Crippen LogP contribution is -2.27. The summed E-state index contributed by atoms with van der Waals surface area (Å²) >= 11 is 1.01. The molecule has 0 unspecified atom stereocenters. The first-order valence-electron chi connectivity index (χ1n) is 6.22. The Morgan fingerprint density at radius 1 is 1.32 bits per heavy atom. The molecule has 1 aliphatic rings. The van der Waals surface area contributed by atoms with Crippen molar-refractivity contribution in [3.63, 3.8) is 0 Å². The first-order chi connectivity index (χ1) is 8.50. The third-order valence-corrected chi connectivity index (χ3v) is 7.83. The van der Waals surface area contributed by atoms with Crippen LogP contribution in [-0.4, -0.2) is 19.9 Å². The van der Waals surface area contributed by atoms with Crippen LogP contribution in [0.3, 0.4) is 0 Å². The van der Waals surface area contributed by atoms with Crippen LogP contribution in [0.1, 0.15) is 33.4 Å². The molecule has 0 radical (unpaired) electrons. The molecule has 1 aromatic rings. The SMILES string of the molecule is Cc1nc(N)sc1S(=O)(=O)NCC1C(C)(C)C1(C)C. The molecule has 7 heteroatoms. The summed E-state index contributed by atoms with van der Waals surface area (Å²) in [5.41, 5.74) is 6.34. The number of anilines is 1. The zero-order valence-corrected chi connectivity index (χ0v) is 13.6. The summed E-state index contributed by atoms with van der Waals surface area (Å²) in [6.45, 7) is 10.8. The molecule has 1 heterocycles. The van der Waals surface area contributed by atoms with Crippen LogP contribution in [0.2, 0.25) is 0 Å². The fourth-order valence-electron chi connectivity index (χ4n) is 2.75. The van der Waals surface area contributed by atoms with Gasteiger partial charge < -0.3 is 5.73 Å². The predicted octanol–water partition coefficient (Wildman–Crippen LogP) is 1.99. The highest BCUT2D eigenvalue weighted by Crippen LogP contribution is 2.68. The van der Waals surface area contributed by atoms with E-state index in [2.05, 4.69) is 37.4 Å². The van der Waals surface area contributed by atoms with Crippen molar-refractivity contribution in [3.8, 4) is 0 Å². The molecule has 108 valence electrons. The lowest BCUT2D eigenvalue weighted by molar-refractivity contribution is 0.457. The van der Waals surface area contributed by atoms with Crippen molar-refractivity contribution in [1.29, 1.82) is 0 Å². The molecule has 1 aromatic heterocycles. The van der Waals surface area contributed by atoms with Gasteiger partial charge in [0.25, 0.3) is 10.0 Å². The van der Waals surface area contributed by atoms with Crippen LogP contribution in [0.5, 0.6) is 0 Å². The summed E-state index contributed by atoms with van der Waals surface area (Å²) in [5.74, 6) is 0.348. The minimum absolute atomic E-state index is 0.164. The maximum atomic E-state index is 12.2. The van der Waals surface area contributed by atoms with Crippen LogP contribution in [0.4, 0.5) is 5.13 Å². The van der Waals surface area contributed by atoms with E-state index in [1.54, 1.807) is 6.92 Å². The third-order valence-electron chi connectivity index (χ3n) is 4.81. The van der Waals surface area contributed by atoms with Gasteiger partial charge in [-0.3, -0.25) is 0 Å². The van der Waals surface area contributed by atoms with Crippen molar-refractivity contribution in [2.45, 2.75) is 38.8 Å². The average Bonchev–Trinajstić information content (AvgIpc) is 2.54. The van der Waals surface area contributed by atoms with E-state index in [0.717, 1.165) is 11.3 Å². The number of hydrogen-bond donors (Lipinski definition) is 2. The van der Waals surface area contributed by atoms with Crippen molar-refractivity contribution in [1.82, 2.24) is 9.71 Å². The Morgan fingerprint density at radius 2 is 1.84 bits per heavy atom. The van der Waals surface area contributed by atoms with Gasteiger partial charge in [-0.2, -0.15) is 0 Å². The zero-order chi connectivity index (χ0) is 14.6. The second kappa shape index (κ2) is 4.17. The molecule has 1 saturated carbocycles. The Hall–Kier alpha value is -0.660. The first kappa shape index (κ1) is 14.7. The number of nitrogen functional groups attached to an aromatic ring is 1. The van der Waals surface area contributed by atoms with E-state index in [4.69, 9.17) is 5.73 Å². The highest BCUT2D eigenvalue weighted by molar-refractivity contribution is 7.91. The Kier molecular flexibility index (Phi) is 3.23. The number of sulfonamides is 1. The third kappa shape index (κ3) is 2.28. The van der Waals surface area contributed by atoms with Crippen molar-refractivity contribution < 1.29 is 8.42 Å². The molecule has 3 N–H and O–H groups in total. The van der Waals surface area contributed by atoms with E-state index >= 15 is 0 Å². The van der Waals surface area contributed by atoms with Gasteiger partial charge in [0.15, 0.2) is 9.34 Å². The lowest BCUT2D eigenvalue weighted by Gasteiger charge is -2.06. The predicted molar refractivity (Wildman–Crippen MR) is 77.5 cm³/mol. The van der Waals surface area contributed by atoms with Gasteiger partial charge in [-0.1, -0.05) is 39.0 Å². The zero-order valence-electron chi connectivity index (χ0n) is 11.9. The van der Waals surface area contributed by atoms with Crippen LogP contribution < -0.4 is 10.5 Å². The second-order valence-electron chi connectivity index (χ2n) is 6.27. The van der Waals surface area contributed by atoms with Gasteiger partial charge >= 0.3 is 0 Å². The van der Waals surface area contributed by atoms with E-state index < -0.39 is 10.0 Å². The Bertz CT molecular complexity index is 588. The second-order valence-corrected chi connectivity index (χ2v) is 9.27. The molecule has 1 fully saturated rings. The summed E-state index contributed by atoms with van der Waals surface area (Å²) < 4.78 is 27.4. The quantitative estimate of drug-likeness (QED) is 0.891. The van der Waals surface area contributed by atoms with Gasteiger partial charge in [0.2, 0.25) is 0 Å². The summed E-state index contributed by atoms with van der Waals surface area (Å²) in [6, 6.07) is 0. The molecule has 0 spiro atoms. The maximum Gasteiger partial charge on any atom is 0.252 e. The fraction of sp³-hybridized carbons (Fsp3) is 0.750. The lowest BCUT2D eigenvalue weighted by atomic mass is 10.0. The smallest absolute Gasteiger partial charge is 0.252 e. The number of nitrogens with one attached hydrogen (secondary N) is 1. The molecule has 0 saturated heterocycles. The number of rotatable bonds is 4. The molecule has 2 rings (SSSR count). The van der Waals surface area contributed by atoms with E-state index in [1.165, 1.54) is 0 Å². The van der Waals surface area contributed by atoms with Gasteiger partial charge in [-0.05, 0) is 23.7 Å². The van der Waals surface area contributed by atoms with Crippen LogP contribution in [-0.2, 0) is 10.0 Å². The van der Waals surface area contributed by atoms with Crippen molar-refractivity contribution in [3.05, 3.63) is 5.69 Å². The standard InChI is InChI=1S/C12H21N3O2S2/c1-7-9(18-10(13)15-7)19(16,17)14-6-8-11(2,3)12(8,4)5/h8,14H,6H2,1-5H3,(H2,13,15). The van der Waals surface area contributed by atoms with E-state index in [9.17, 15) is 8.42 Å². The van der Waals surface area contributed by atoms with Crippen molar-refractivity contribution >= 4 is 26.5 Å². The van der Waals surface area contributed by atoms with Crippen LogP contribution in [0.25, 0.3) is 0 Å². The van der Waals surface area contributed by atoms with E-state index in [0.29, 0.717) is 18.2 Å². The number of nitrogens with two attached hydrogens (primary N) is 1. The molecule has 0 atom stereocenters. The van der Waals surface area contributed by atoms with Crippen LogP contribution >= 0.6 is 11.3 Å². The summed E-state index contributed by atoms with van der Waals surface area (Å²) in [4.78, 5) is 3.95. The molecule has 0 bridgehead atoms. The van der Waals surface area contributed by atoms with Crippen LogP contribution in [0.15, 0.2) is 4.21 Å². The molecular weight excluding hydrogens is 282 g/mol. The van der Waals surface area contributed by atoms with Crippen molar-refractivity contribution in [2.75, 3.05) is 12.3 Å². The fourth-order valence-corrected chi connectivity index (χ4v) is 5.14. The summed E-state index contributed by atoms with van der Waals surface area (Å²) in [7, 11) is -3.50. The summed E-state index contributed by atoms with van der Waals surface area (Å²) in [6.07, 6.45) is 0. The molecule has 5 nitrogen and oxygen atoms in total. The van der Waals surface area contributed by atoms with E-state index in [1.807, 2.05) is 0 Å². The van der Waals surface area contributed by atoms with Gasteiger partial charge in [-0.25, -0.2) is 18.1 Å². The number of hydrogen-bond acceptors (Lipinski definition) is 5. The Labute approximate surface area is 118 Å².